The molecule has 1 aromatic heterocycles. The first-order chi connectivity index (χ1) is 9.84. The fourth-order valence-electron chi connectivity index (χ4n) is 3.02. The van der Waals surface area contributed by atoms with Crippen LogP contribution in [0.25, 0.3) is 0 Å². The standard InChI is InChI=1S/C19H28N2/c1-7-21-14(2)12-16(15(21)3)13-20-18-11-9-8-10-17(18)19(4,5)6/h8-12,20H,7,13H2,1-6H3. The summed E-state index contributed by atoms with van der Waals surface area (Å²) in [4.78, 5) is 0. The van der Waals surface area contributed by atoms with Gasteiger partial charge in [-0.2, -0.15) is 0 Å². The van der Waals surface area contributed by atoms with Crippen molar-refractivity contribution < 1.29 is 0 Å². The molecule has 0 aliphatic heterocycles. The lowest BCUT2D eigenvalue weighted by Crippen LogP contribution is -2.14. The van der Waals surface area contributed by atoms with Crippen molar-refractivity contribution in [3.8, 4) is 0 Å². The van der Waals surface area contributed by atoms with Gasteiger partial charge in [0.25, 0.3) is 0 Å². The van der Waals surface area contributed by atoms with Gasteiger partial charge in [-0.3, -0.25) is 0 Å². The number of rotatable bonds is 4. The molecule has 2 rings (SSSR count). The number of hydrogen-bond donors (Lipinski definition) is 1. The van der Waals surface area contributed by atoms with Crippen molar-refractivity contribution in [2.24, 2.45) is 0 Å². The van der Waals surface area contributed by atoms with Gasteiger partial charge in [0.15, 0.2) is 0 Å². The molecule has 0 fully saturated rings. The molecule has 2 heteroatoms. The van der Waals surface area contributed by atoms with Gasteiger partial charge in [0.05, 0.1) is 0 Å². The smallest absolute Gasteiger partial charge is 0.0418 e. The van der Waals surface area contributed by atoms with Crippen LogP contribution in [-0.2, 0) is 18.5 Å². The maximum Gasteiger partial charge on any atom is 0.0418 e. The summed E-state index contributed by atoms with van der Waals surface area (Å²) in [5.74, 6) is 0. The van der Waals surface area contributed by atoms with E-state index < -0.39 is 0 Å². The van der Waals surface area contributed by atoms with Crippen molar-refractivity contribution in [3.05, 3.63) is 52.8 Å². The minimum atomic E-state index is 0.157. The van der Waals surface area contributed by atoms with Gasteiger partial charge in [-0.25, -0.2) is 0 Å². The lowest BCUT2D eigenvalue weighted by atomic mass is 9.86. The summed E-state index contributed by atoms with van der Waals surface area (Å²) in [7, 11) is 0. The summed E-state index contributed by atoms with van der Waals surface area (Å²) in [6, 6.07) is 10.9. The summed E-state index contributed by atoms with van der Waals surface area (Å²) in [6.45, 7) is 15.3. The van der Waals surface area contributed by atoms with Crippen LogP contribution < -0.4 is 5.32 Å². The second kappa shape index (κ2) is 5.97. The fourth-order valence-corrected chi connectivity index (χ4v) is 3.02. The number of aromatic nitrogens is 1. The Bertz CT molecular complexity index is 615. The monoisotopic (exact) mass is 284 g/mol. The molecule has 0 aliphatic rings. The summed E-state index contributed by atoms with van der Waals surface area (Å²) in [6.07, 6.45) is 0. The molecule has 0 bridgehead atoms. The van der Waals surface area contributed by atoms with Gasteiger partial charge in [-0.1, -0.05) is 39.0 Å². The zero-order chi connectivity index (χ0) is 15.6. The SMILES string of the molecule is CCn1c(C)cc(CNc2ccccc2C(C)(C)C)c1C. The maximum atomic E-state index is 3.63. The van der Waals surface area contributed by atoms with E-state index in [9.17, 15) is 0 Å². The molecule has 0 aliphatic carbocycles. The van der Waals surface area contributed by atoms with Gasteiger partial charge >= 0.3 is 0 Å². The Morgan fingerprint density at radius 2 is 1.76 bits per heavy atom. The molecular formula is C19H28N2. The van der Waals surface area contributed by atoms with Gasteiger partial charge in [-0.05, 0) is 49.4 Å². The Morgan fingerprint density at radius 1 is 1.10 bits per heavy atom. The van der Waals surface area contributed by atoms with E-state index in [2.05, 4.69) is 81.8 Å². The van der Waals surface area contributed by atoms with E-state index in [1.807, 2.05) is 0 Å². The van der Waals surface area contributed by atoms with Crippen molar-refractivity contribution in [3.63, 3.8) is 0 Å². The van der Waals surface area contributed by atoms with Crippen LogP contribution in [0.5, 0.6) is 0 Å². The molecule has 0 saturated heterocycles. The lowest BCUT2D eigenvalue weighted by Gasteiger charge is -2.23. The Kier molecular flexibility index (Phi) is 4.46. The first-order valence-electron chi connectivity index (χ1n) is 7.83. The minimum absolute atomic E-state index is 0.157. The van der Waals surface area contributed by atoms with E-state index in [4.69, 9.17) is 0 Å². The topological polar surface area (TPSA) is 17.0 Å². The summed E-state index contributed by atoms with van der Waals surface area (Å²) >= 11 is 0. The van der Waals surface area contributed by atoms with Crippen molar-refractivity contribution >= 4 is 5.69 Å². The molecule has 1 aromatic carbocycles. The van der Waals surface area contributed by atoms with Gasteiger partial charge in [-0.15, -0.1) is 0 Å². The van der Waals surface area contributed by atoms with E-state index in [-0.39, 0.29) is 5.41 Å². The summed E-state index contributed by atoms with van der Waals surface area (Å²) < 4.78 is 2.37. The summed E-state index contributed by atoms with van der Waals surface area (Å²) in [5, 5.41) is 3.63. The molecule has 0 unspecified atom stereocenters. The molecule has 0 amide bonds. The quantitative estimate of drug-likeness (QED) is 0.832. The van der Waals surface area contributed by atoms with E-state index in [1.165, 1.54) is 28.2 Å². The van der Waals surface area contributed by atoms with Crippen molar-refractivity contribution in [2.45, 2.75) is 60.0 Å². The third kappa shape index (κ3) is 3.31. The fraction of sp³-hybridized carbons (Fsp3) is 0.474. The molecule has 2 nitrogen and oxygen atoms in total. The normalized spacial score (nSPS) is 11.7. The molecule has 0 atom stereocenters. The number of aryl methyl sites for hydroxylation is 1. The molecule has 0 spiro atoms. The summed E-state index contributed by atoms with van der Waals surface area (Å²) in [5.41, 5.74) is 6.87. The molecule has 0 radical (unpaired) electrons. The predicted octanol–water partition coefficient (Wildman–Crippen LogP) is 5.03. The third-order valence-electron chi connectivity index (χ3n) is 4.20. The van der Waals surface area contributed by atoms with Gasteiger partial charge < -0.3 is 9.88 Å². The van der Waals surface area contributed by atoms with Crippen LogP contribution in [0, 0.1) is 13.8 Å². The second-order valence-electron chi connectivity index (χ2n) is 6.79. The first-order valence-corrected chi connectivity index (χ1v) is 7.83. The molecule has 0 saturated carbocycles. The average Bonchev–Trinajstić information content (AvgIpc) is 2.70. The van der Waals surface area contributed by atoms with E-state index in [0.717, 1.165) is 13.1 Å². The van der Waals surface area contributed by atoms with E-state index in [1.54, 1.807) is 0 Å². The Balaban J connectivity index is 2.22. The Morgan fingerprint density at radius 3 is 2.33 bits per heavy atom. The van der Waals surface area contributed by atoms with Gasteiger partial charge in [0.1, 0.15) is 0 Å². The lowest BCUT2D eigenvalue weighted by molar-refractivity contribution is 0.591. The van der Waals surface area contributed by atoms with E-state index >= 15 is 0 Å². The van der Waals surface area contributed by atoms with Crippen LogP contribution in [0.1, 0.15) is 50.2 Å². The number of para-hydroxylation sites is 1. The van der Waals surface area contributed by atoms with Crippen molar-refractivity contribution in [2.75, 3.05) is 5.32 Å². The van der Waals surface area contributed by atoms with Crippen molar-refractivity contribution in [1.29, 1.82) is 0 Å². The number of nitrogens with one attached hydrogen (secondary N) is 1. The van der Waals surface area contributed by atoms with Crippen LogP contribution >= 0.6 is 0 Å². The number of anilines is 1. The molecule has 2 aromatic rings. The zero-order valence-electron chi connectivity index (χ0n) is 14.2. The highest BCUT2D eigenvalue weighted by atomic mass is 15.0. The van der Waals surface area contributed by atoms with Crippen molar-refractivity contribution in [1.82, 2.24) is 4.57 Å². The largest absolute Gasteiger partial charge is 0.381 e. The molecule has 1 N–H and O–H groups in total. The van der Waals surface area contributed by atoms with Crippen LogP contribution in [-0.4, -0.2) is 4.57 Å². The predicted molar refractivity (Wildman–Crippen MR) is 92.0 cm³/mol. The van der Waals surface area contributed by atoms with Crippen LogP contribution in [0.4, 0.5) is 5.69 Å². The second-order valence-corrected chi connectivity index (χ2v) is 6.79. The Hall–Kier alpha value is -1.70. The molecule has 1 heterocycles. The number of benzene rings is 1. The molecular weight excluding hydrogens is 256 g/mol. The van der Waals surface area contributed by atoms with Gasteiger partial charge in [0.2, 0.25) is 0 Å². The van der Waals surface area contributed by atoms with Gasteiger partial charge in [0, 0.05) is 30.2 Å². The highest BCUT2D eigenvalue weighted by molar-refractivity contribution is 5.54. The number of hydrogen-bond acceptors (Lipinski definition) is 1. The number of nitrogens with zero attached hydrogens (tertiary/aromatic N) is 1. The zero-order valence-corrected chi connectivity index (χ0v) is 14.2. The third-order valence-corrected chi connectivity index (χ3v) is 4.20. The first kappa shape index (κ1) is 15.7. The highest BCUT2D eigenvalue weighted by Gasteiger charge is 2.17. The average molecular weight is 284 g/mol. The Labute approximate surface area is 129 Å². The van der Waals surface area contributed by atoms with Crippen LogP contribution in [0.15, 0.2) is 30.3 Å². The highest BCUT2D eigenvalue weighted by Crippen LogP contribution is 2.29. The van der Waals surface area contributed by atoms with E-state index in [0.29, 0.717) is 0 Å². The van der Waals surface area contributed by atoms with Crippen LogP contribution in [0.2, 0.25) is 0 Å². The minimum Gasteiger partial charge on any atom is -0.381 e. The van der Waals surface area contributed by atoms with Crippen LogP contribution in [0.3, 0.4) is 0 Å². The maximum absolute atomic E-state index is 3.63. The molecule has 21 heavy (non-hydrogen) atoms. The molecule has 114 valence electrons.